The quantitative estimate of drug-likeness (QED) is 0.851. The third kappa shape index (κ3) is 3.40. The number of ether oxygens (including phenoxy) is 1. The fraction of sp³-hybridized carbons (Fsp3) is 0.357. The van der Waals surface area contributed by atoms with E-state index < -0.39 is 0 Å². The third-order valence-electron chi connectivity index (χ3n) is 2.76. The molecule has 0 radical (unpaired) electrons. The summed E-state index contributed by atoms with van der Waals surface area (Å²) < 4.78 is 18.2. The summed E-state index contributed by atoms with van der Waals surface area (Å²) in [6.45, 7) is 3.95. The molecular weight excluding hydrogens is 261 g/mol. The minimum absolute atomic E-state index is 0.171. The average Bonchev–Trinajstić information content (AvgIpc) is 2.39. The number of carbonyl (C=O) groups is 1. The smallest absolute Gasteiger partial charge is 0.307 e. The molecule has 1 heterocycles. The number of anilines is 1. The van der Waals surface area contributed by atoms with Gasteiger partial charge >= 0.3 is 5.97 Å². The molecule has 2 aromatic rings. The Balaban J connectivity index is 2.17. The van der Waals surface area contributed by atoms with Crippen molar-refractivity contribution < 1.29 is 13.9 Å². The standard InChI is InChI=1S/C14H16FN3O2/c1-3-20-13(19)6-9(2)18-14-11-7-10(15)4-5-12(11)16-8-17-14/h4-5,7-9H,3,6H2,1-2H3,(H,16,17,18). The predicted octanol–water partition coefficient (Wildman–Crippen LogP) is 2.52. The Morgan fingerprint density at radius 1 is 1.45 bits per heavy atom. The zero-order valence-corrected chi connectivity index (χ0v) is 11.4. The van der Waals surface area contributed by atoms with Crippen LogP contribution in [0.3, 0.4) is 0 Å². The lowest BCUT2D eigenvalue weighted by Gasteiger charge is -2.14. The van der Waals surface area contributed by atoms with Crippen LogP contribution in [0.5, 0.6) is 0 Å². The van der Waals surface area contributed by atoms with Crippen LogP contribution in [-0.4, -0.2) is 28.6 Å². The first kappa shape index (κ1) is 14.2. The zero-order valence-electron chi connectivity index (χ0n) is 11.4. The molecule has 5 nitrogen and oxygen atoms in total. The van der Waals surface area contributed by atoms with Crippen molar-refractivity contribution in [1.29, 1.82) is 0 Å². The maximum atomic E-state index is 13.3. The fourth-order valence-electron chi connectivity index (χ4n) is 1.90. The molecule has 0 saturated carbocycles. The molecule has 0 amide bonds. The number of nitrogens with zero attached hydrogens (tertiary/aromatic N) is 2. The number of carbonyl (C=O) groups excluding carboxylic acids is 1. The van der Waals surface area contributed by atoms with Crippen molar-refractivity contribution in [3.05, 3.63) is 30.3 Å². The van der Waals surface area contributed by atoms with E-state index in [4.69, 9.17) is 4.74 Å². The lowest BCUT2D eigenvalue weighted by atomic mass is 10.2. The first-order valence-corrected chi connectivity index (χ1v) is 6.42. The molecule has 0 bridgehead atoms. The Morgan fingerprint density at radius 2 is 2.25 bits per heavy atom. The van der Waals surface area contributed by atoms with E-state index in [0.29, 0.717) is 23.3 Å². The molecule has 0 aliphatic heterocycles. The van der Waals surface area contributed by atoms with E-state index in [1.807, 2.05) is 6.92 Å². The van der Waals surface area contributed by atoms with Gasteiger partial charge in [-0.2, -0.15) is 0 Å². The van der Waals surface area contributed by atoms with E-state index >= 15 is 0 Å². The van der Waals surface area contributed by atoms with Crippen molar-refractivity contribution in [1.82, 2.24) is 9.97 Å². The van der Waals surface area contributed by atoms with Gasteiger partial charge in [-0.3, -0.25) is 4.79 Å². The van der Waals surface area contributed by atoms with E-state index in [1.165, 1.54) is 18.5 Å². The average molecular weight is 277 g/mol. The normalized spacial score (nSPS) is 12.2. The number of aromatic nitrogens is 2. The minimum atomic E-state index is -0.353. The van der Waals surface area contributed by atoms with E-state index in [2.05, 4.69) is 15.3 Å². The summed E-state index contributed by atoms with van der Waals surface area (Å²) in [6.07, 6.45) is 1.62. The maximum Gasteiger partial charge on any atom is 0.307 e. The van der Waals surface area contributed by atoms with Gasteiger partial charge in [0.2, 0.25) is 0 Å². The van der Waals surface area contributed by atoms with Crippen molar-refractivity contribution in [2.75, 3.05) is 11.9 Å². The van der Waals surface area contributed by atoms with Gasteiger partial charge in [0.15, 0.2) is 0 Å². The van der Waals surface area contributed by atoms with Gasteiger partial charge in [-0.05, 0) is 32.0 Å². The van der Waals surface area contributed by atoms with E-state index in [1.54, 1.807) is 13.0 Å². The highest BCUT2D eigenvalue weighted by Gasteiger charge is 2.12. The molecule has 0 fully saturated rings. The van der Waals surface area contributed by atoms with Gasteiger partial charge in [-0.15, -0.1) is 0 Å². The van der Waals surface area contributed by atoms with E-state index in [9.17, 15) is 9.18 Å². The summed E-state index contributed by atoms with van der Waals surface area (Å²) in [5, 5.41) is 3.67. The summed E-state index contributed by atoms with van der Waals surface area (Å²) in [6, 6.07) is 4.14. The molecule has 0 aliphatic carbocycles. The molecule has 2 rings (SSSR count). The second-order valence-corrected chi connectivity index (χ2v) is 4.44. The Labute approximate surface area is 116 Å². The number of nitrogens with one attached hydrogen (secondary N) is 1. The largest absolute Gasteiger partial charge is 0.466 e. The van der Waals surface area contributed by atoms with Crippen LogP contribution in [0.25, 0.3) is 10.9 Å². The van der Waals surface area contributed by atoms with Gasteiger partial charge in [0.25, 0.3) is 0 Å². The summed E-state index contributed by atoms with van der Waals surface area (Å²) in [4.78, 5) is 19.6. The fourth-order valence-corrected chi connectivity index (χ4v) is 1.90. The Morgan fingerprint density at radius 3 is 3.00 bits per heavy atom. The topological polar surface area (TPSA) is 64.1 Å². The van der Waals surface area contributed by atoms with Crippen LogP contribution >= 0.6 is 0 Å². The minimum Gasteiger partial charge on any atom is -0.466 e. The third-order valence-corrected chi connectivity index (χ3v) is 2.76. The van der Waals surface area contributed by atoms with Gasteiger partial charge in [0.1, 0.15) is 18.0 Å². The van der Waals surface area contributed by atoms with Crippen LogP contribution < -0.4 is 5.32 Å². The monoisotopic (exact) mass is 277 g/mol. The number of esters is 1. The van der Waals surface area contributed by atoms with Crippen LogP contribution in [0.1, 0.15) is 20.3 Å². The van der Waals surface area contributed by atoms with Gasteiger partial charge in [-0.1, -0.05) is 0 Å². The number of benzene rings is 1. The summed E-state index contributed by atoms with van der Waals surface area (Å²) in [5.41, 5.74) is 0.646. The van der Waals surface area contributed by atoms with Crippen molar-refractivity contribution in [3.63, 3.8) is 0 Å². The molecule has 0 spiro atoms. The van der Waals surface area contributed by atoms with Gasteiger partial charge < -0.3 is 10.1 Å². The number of hydrogen-bond acceptors (Lipinski definition) is 5. The second kappa shape index (κ2) is 6.27. The van der Waals surface area contributed by atoms with Crippen LogP contribution in [0, 0.1) is 5.82 Å². The molecule has 1 atom stereocenters. The van der Waals surface area contributed by atoms with Crippen LogP contribution in [0.4, 0.5) is 10.2 Å². The number of rotatable bonds is 5. The van der Waals surface area contributed by atoms with Crippen LogP contribution in [0.15, 0.2) is 24.5 Å². The van der Waals surface area contributed by atoms with Gasteiger partial charge in [-0.25, -0.2) is 14.4 Å². The van der Waals surface area contributed by atoms with Crippen LogP contribution in [0.2, 0.25) is 0 Å². The molecule has 20 heavy (non-hydrogen) atoms. The van der Waals surface area contributed by atoms with E-state index in [0.717, 1.165) is 0 Å². The predicted molar refractivity (Wildman–Crippen MR) is 73.8 cm³/mol. The molecule has 0 aliphatic rings. The van der Waals surface area contributed by atoms with Gasteiger partial charge in [0.05, 0.1) is 18.5 Å². The Bertz CT molecular complexity index is 618. The van der Waals surface area contributed by atoms with E-state index in [-0.39, 0.29) is 24.2 Å². The SMILES string of the molecule is CCOC(=O)CC(C)Nc1ncnc2ccc(F)cc12. The highest BCUT2D eigenvalue weighted by Crippen LogP contribution is 2.21. The highest BCUT2D eigenvalue weighted by atomic mass is 19.1. The number of fused-ring (bicyclic) bond motifs is 1. The molecule has 1 unspecified atom stereocenters. The lowest BCUT2D eigenvalue weighted by Crippen LogP contribution is -2.21. The second-order valence-electron chi connectivity index (χ2n) is 4.44. The Kier molecular flexibility index (Phi) is 4.45. The Hall–Kier alpha value is -2.24. The molecule has 6 heteroatoms. The molecule has 1 aromatic heterocycles. The molecule has 1 aromatic carbocycles. The molecule has 0 saturated heterocycles. The lowest BCUT2D eigenvalue weighted by molar-refractivity contribution is -0.143. The highest BCUT2D eigenvalue weighted by molar-refractivity contribution is 5.89. The summed E-state index contributed by atoms with van der Waals surface area (Å²) >= 11 is 0. The zero-order chi connectivity index (χ0) is 14.5. The molecular formula is C14H16FN3O2. The molecule has 106 valence electrons. The van der Waals surface area contributed by atoms with Crippen molar-refractivity contribution in [2.24, 2.45) is 0 Å². The van der Waals surface area contributed by atoms with Crippen molar-refractivity contribution >= 4 is 22.7 Å². The maximum absolute atomic E-state index is 13.3. The first-order chi connectivity index (χ1) is 9.60. The molecule has 1 N–H and O–H groups in total. The van der Waals surface area contributed by atoms with Crippen LogP contribution in [-0.2, 0) is 9.53 Å². The van der Waals surface area contributed by atoms with Gasteiger partial charge in [0, 0.05) is 11.4 Å². The van der Waals surface area contributed by atoms with Crippen molar-refractivity contribution in [3.8, 4) is 0 Å². The summed E-state index contributed by atoms with van der Waals surface area (Å²) in [5.74, 6) is -0.128. The number of halogens is 1. The van der Waals surface area contributed by atoms with Crippen molar-refractivity contribution in [2.45, 2.75) is 26.3 Å². The first-order valence-electron chi connectivity index (χ1n) is 6.42. The summed E-state index contributed by atoms with van der Waals surface area (Å²) in [7, 11) is 0. The number of hydrogen-bond donors (Lipinski definition) is 1.